The van der Waals surface area contributed by atoms with Gasteiger partial charge in [0.1, 0.15) is 5.75 Å². The molecular formula is C24H25F3N4O3. The maximum atomic E-state index is 12.9. The van der Waals surface area contributed by atoms with Crippen LogP contribution >= 0.6 is 0 Å². The van der Waals surface area contributed by atoms with Crippen molar-refractivity contribution in [3.63, 3.8) is 0 Å². The van der Waals surface area contributed by atoms with E-state index in [1.165, 1.54) is 12.1 Å². The molecule has 2 aromatic carbocycles. The van der Waals surface area contributed by atoms with Gasteiger partial charge in [-0.3, -0.25) is 9.69 Å². The van der Waals surface area contributed by atoms with Crippen LogP contribution in [0.1, 0.15) is 23.4 Å². The minimum absolute atomic E-state index is 0.111. The quantitative estimate of drug-likeness (QED) is 0.515. The minimum Gasteiger partial charge on any atom is -0.497 e. The zero-order chi connectivity index (χ0) is 24.1. The van der Waals surface area contributed by atoms with Gasteiger partial charge in [0, 0.05) is 38.2 Å². The molecule has 2 heterocycles. The smallest absolute Gasteiger partial charge is 0.416 e. The number of aryl methyl sites for hydroxylation is 1. The molecule has 0 saturated carbocycles. The van der Waals surface area contributed by atoms with E-state index in [-0.39, 0.29) is 17.3 Å². The molecule has 0 unspecified atom stereocenters. The van der Waals surface area contributed by atoms with Gasteiger partial charge in [0.25, 0.3) is 0 Å². The lowest BCUT2D eigenvalue weighted by molar-refractivity contribution is -0.137. The van der Waals surface area contributed by atoms with Gasteiger partial charge in [-0.15, -0.1) is 0 Å². The van der Waals surface area contributed by atoms with E-state index in [1.807, 2.05) is 29.2 Å². The highest BCUT2D eigenvalue weighted by Gasteiger charge is 2.31. The van der Waals surface area contributed by atoms with E-state index >= 15 is 0 Å². The molecule has 180 valence electrons. The Balaban J connectivity index is 1.26. The fourth-order valence-corrected chi connectivity index (χ4v) is 3.82. The van der Waals surface area contributed by atoms with Crippen molar-refractivity contribution >= 4 is 5.91 Å². The first kappa shape index (κ1) is 23.7. The summed E-state index contributed by atoms with van der Waals surface area (Å²) in [5, 5.41) is 3.83. The van der Waals surface area contributed by atoms with Crippen molar-refractivity contribution < 1.29 is 27.2 Å². The Morgan fingerprint density at radius 2 is 1.82 bits per heavy atom. The molecule has 34 heavy (non-hydrogen) atoms. The second kappa shape index (κ2) is 10.3. The average Bonchev–Trinajstić information content (AvgIpc) is 3.31. The molecule has 4 rings (SSSR count). The number of nitrogens with zero attached hydrogens (tertiary/aromatic N) is 4. The second-order valence-corrected chi connectivity index (χ2v) is 8.10. The van der Waals surface area contributed by atoms with Gasteiger partial charge in [0.15, 0.2) is 0 Å². The van der Waals surface area contributed by atoms with Crippen LogP contribution in [0.4, 0.5) is 13.2 Å². The fraction of sp³-hybridized carbons (Fsp3) is 0.375. The molecule has 0 bridgehead atoms. The number of hydrogen-bond acceptors (Lipinski definition) is 6. The predicted octanol–water partition coefficient (Wildman–Crippen LogP) is 4.04. The molecule has 0 N–H and O–H groups in total. The third-order valence-corrected chi connectivity index (χ3v) is 5.79. The number of ether oxygens (including phenoxy) is 1. The van der Waals surface area contributed by atoms with E-state index < -0.39 is 11.7 Å². The Kier molecular flexibility index (Phi) is 7.16. The Morgan fingerprint density at radius 3 is 2.50 bits per heavy atom. The van der Waals surface area contributed by atoms with Gasteiger partial charge in [-0.1, -0.05) is 29.4 Å². The van der Waals surface area contributed by atoms with Gasteiger partial charge in [0.2, 0.25) is 17.6 Å². The molecule has 0 aliphatic carbocycles. The van der Waals surface area contributed by atoms with Gasteiger partial charge < -0.3 is 14.2 Å². The van der Waals surface area contributed by atoms with Crippen LogP contribution in [-0.2, 0) is 23.9 Å². The number of benzene rings is 2. The summed E-state index contributed by atoms with van der Waals surface area (Å²) < 4.78 is 49.2. The van der Waals surface area contributed by atoms with Crippen molar-refractivity contribution in [1.29, 1.82) is 0 Å². The van der Waals surface area contributed by atoms with Gasteiger partial charge in [0.05, 0.1) is 19.2 Å². The largest absolute Gasteiger partial charge is 0.497 e. The minimum atomic E-state index is -4.44. The molecule has 1 aliphatic rings. The number of halogens is 3. The number of alkyl halides is 3. The fourth-order valence-electron chi connectivity index (χ4n) is 3.82. The van der Waals surface area contributed by atoms with Crippen LogP contribution in [0.3, 0.4) is 0 Å². The highest BCUT2D eigenvalue weighted by Crippen LogP contribution is 2.31. The molecule has 0 radical (unpaired) electrons. The Bertz CT molecular complexity index is 1110. The lowest BCUT2D eigenvalue weighted by Crippen LogP contribution is -2.48. The number of amides is 1. The second-order valence-electron chi connectivity index (χ2n) is 8.10. The summed E-state index contributed by atoms with van der Waals surface area (Å²) >= 11 is 0. The average molecular weight is 474 g/mol. The summed E-state index contributed by atoms with van der Waals surface area (Å²) in [6.07, 6.45) is -3.33. The normalized spacial score (nSPS) is 14.9. The first-order valence-electron chi connectivity index (χ1n) is 10.9. The van der Waals surface area contributed by atoms with Crippen LogP contribution in [0.25, 0.3) is 11.4 Å². The number of piperazine rings is 1. The van der Waals surface area contributed by atoms with Crippen molar-refractivity contribution in [3.8, 4) is 17.1 Å². The van der Waals surface area contributed by atoms with Crippen molar-refractivity contribution in [2.24, 2.45) is 0 Å². The number of rotatable bonds is 7. The van der Waals surface area contributed by atoms with Crippen LogP contribution in [-0.4, -0.2) is 59.1 Å². The Morgan fingerprint density at radius 1 is 1.09 bits per heavy atom. The van der Waals surface area contributed by atoms with Crippen LogP contribution in [0.15, 0.2) is 53.1 Å². The van der Waals surface area contributed by atoms with Crippen LogP contribution < -0.4 is 4.74 Å². The predicted molar refractivity (Wildman–Crippen MR) is 118 cm³/mol. The molecule has 3 aromatic rings. The van der Waals surface area contributed by atoms with Crippen molar-refractivity contribution in [1.82, 2.24) is 19.9 Å². The summed E-state index contributed by atoms with van der Waals surface area (Å²) in [6, 6.07) is 12.5. The maximum absolute atomic E-state index is 12.9. The number of hydrogen-bond donors (Lipinski definition) is 0. The number of aromatic nitrogens is 2. The lowest BCUT2D eigenvalue weighted by atomic mass is 10.1. The summed E-state index contributed by atoms with van der Waals surface area (Å²) in [7, 11) is 1.62. The first-order chi connectivity index (χ1) is 16.3. The van der Waals surface area contributed by atoms with Crippen LogP contribution in [0, 0.1) is 0 Å². The third-order valence-electron chi connectivity index (χ3n) is 5.79. The third kappa shape index (κ3) is 5.93. The first-order valence-corrected chi connectivity index (χ1v) is 10.9. The molecular weight excluding hydrogens is 449 g/mol. The maximum Gasteiger partial charge on any atom is 0.416 e. The number of carbonyl (C=O) groups is 1. The highest BCUT2D eigenvalue weighted by molar-refractivity contribution is 5.76. The topological polar surface area (TPSA) is 71.7 Å². The standard InChI is InChI=1S/C24H25F3N4O3/c1-33-20-8-5-17(6-9-20)7-10-22(32)31-13-11-30(12-14-31)16-21-28-23(29-34-21)18-3-2-4-19(15-18)24(25,26)27/h2-6,8-9,15H,7,10-14,16H2,1H3. The summed E-state index contributed by atoms with van der Waals surface area (Å²) in [4.78, 5) is 20.8. The summed E-state index contributed by atoms with van der Waals surface area (Å²) in [5.74, 6) is 1.34. The molecule has 10 heteroatoms. The molecule has 0 atom stereocenters. The van der Waals surface area contributed by atoms with Crippen molar-refractivity contribution in [2.75, 3.05) is 33.3 Å². The summed E-state index contributed by atoms with van der Waals surface area (Å²) in [5.41, 5.74) is 0.571. The molecule has 1 amide bonds. The van der Waals surface area contributed by atoms with E-state index in [4.69, 9.17) is 9.26 Å². The van der Waals surface area contributed by atoms with E-state index in [0.717, 1.165) is 23.4 Å². The summed E-state index contributed by atoms with van der Waals surface area (Å²) in [6.45, 7) is 2.86. The molecule has 1 aliphatic heterocycles. The molecule has 0 spiro atoms. The number of carbonyl (C=O) groups excluding carboxylic acids is 1. The SMILES string of the molecule is COc1ccc(CCC(=O)N2CCN(Cc3nc(-c4cccc(C(F)(F)F)c4)no3)CC2)cc1. The Labute approximate surface area is 195 Å². The zero-order valence-corrected chi connectivity index (χ0v) is 18.7. The van der Waals surface area contributed by atoms with Crippen molar-refractivity contribution in [2.45, 2.75) is 25.6 Å². The van der Waals surface area contributed by atoms with Gasteiger partial charge in [-0.05, 0) is 36.2 Å². The monoisotopic (exact) mass is 474 g/mol. The molecule has 7 nitrogen and oxygen atoms in total. The van der Waals surface area contributed by atoms with Crippen LogP contribution in [0.2, 0.25) is 0 Å². The Hall–Kier alpha value is -3.40. The van der Waals surface area contributed by atoms with Crippen LogP contribution in [0.5, 0.6) is 5.75 Å². The molecule has 1 aromatic heterocycles. The lowest BCUT2D eigenvalue weighted by Gasteiger charge is -2.34. The highest BCUT2D eigenvalue weighted by atomic mass is 19.4. The molecule has 1 fully saturated rings. The van der Waals surface area contributed by atoms with E-state index in [0.29, 0.717) is 51.5 Å². The van der Waals surface area contributed by atoms with E-state index in [9.17, 15) is 18.0 Å². The molecule has 1 saturated heterocycles. The van der Waals surface area contributed by atoms with E-state index in [2.05, 4.69) is 15.0 Å². The van der Waals surface area contributed by atoms with Gasteiger partial charge >= 0.3 is 6.18 Å². The van der Waals surface area contributed by atoms with Crippen molar-refractivity contribution in [3.05, 3.63) is 65.5 Å². The van der Waals surface area contributed by atoms with Gasteiger partial charge in [-0.2, -0.15) is 18.2 Å². The van der Waals surface area contributed by atoms with E-state index in [1.54, 1.807) is 7.11 Å². The number of methoxy groups -OCH3 is 1. The zero-order valence-electron chi connectivity index (χ0n) is 18.7. The van der Waals surface area contributed by atoms with Gasteiger partial charge in [-0.25, -0.2) is 0 Å².